The molecular formula is C12H18BrNO. The van der Waals surface area contributed by atoms with Gasteiger partial charge in [0, 0.05) is 11.9 Å². The van der Waals surface area contributed by atoms with Gasteiger partial charge in [0.15, 0.2) is 0 Å². The Hall–Kier alpha value is -0.540. The SMILES string of the molecule is Oc1ccc(CNCCCCCBr)cc1. The number of rotatable bonds is 7. The first-order valence-corrected chi connectivity index (χ1v) is 6.49. The molecule has 1 rings (SSSR count). The van der Waals surface area contributed by atoms with E-state index in [0.29, 0.717) is 5.75 Å². The second-order valence-electron chi connectivity index (χ2n) is 3.59. The van der Waals surface area contributed by atoms with E-state index in [1.54, 1.807) is 12.1 Å². The van der Waals surface area contributed by atoms with Crippen LogP contribution < -0.4 is 5.32 Å². The first kappa shape index (κ1) is 12.5. The first-order chi connectivity index (χ1) is 7.33. The van der Waals surface area contributed by atoms with Crippen molar-refractivity contribution in [1.29, 1.82) is 0 Å². The van der Waals surface area contributed by atoms with Crippen molar-refractivity contribution in [1.82, 2.24) is 5.32 Å². The minimum Gasteiger partial charge on any atom is -0.508 e. The molecule has 2 nitrogen and oxygen atoms in total. The van der Waals surface area contributed by atoms with E-state index in [1.807, 2.05) is 12.1 Å². The van der Waals surface area contributed by atoms with E-state index in [9.17, 15) is 0 Å². The van der Waals surface area contributed by atoms with Gasteiger partial charge in [0.05, 0.1) is 0 Å². The lowest BCUT2D eigenvalue weighted by Gasteiger charge is -2.04. The molecule has 0 bridgehead atoms. The van der Waals surface area contributed by atoms with Crippen LogP contribution in [0.25, 0.3) is 0 Å². The fourth-order valence-corrected chi connectivity index (χ4v) is 1.76. The van der Waals surface area contributed by atoms with Crippen LogP contribution >= 0.6 is 15.9 Å². The zero-order valence-electron chi connectivity index (χ0n) is 8.88. The smallest absolute Gasteiger partial charge is 0.115 e. The van der Waals surface area contributed by atoms with Gasteiger partial charge in [-0.1, -0.05) is 34.5 Å². The summed E-state index contributed by atoms with van der Waals surface area (Å²) in [6, 6.07) is 7.34. The summed E-state index contributed by atoms with van der Waals surface area (Å²) in [5.74, 6) is 0.330. The Labute approximate surface area is 99.8 Å². The molecule has 84 valence electrons. The molecule has 15 heavy (non-hydrogen) atoms. The van der Waals surface area contributed by atoms with E-state index in [-0.39, 0.29) is 0 Å². The molecule has 0 radical (unpaired) electrons. The summed E-state index contributed by atoms with van der Waals surface area (Å²) in [7, 11) is 0. The number of hydrogen-bond donors (Lipinski definition) is 2. The van der Waals surface area contributed by atoms with Gasteiger partial charge in [0.1, 0.15) is 5.75 Å². The number of benzene rings is 1. The van der Waals surface area contributed by atoms with Gasteiger partial charge in [-0.3, -0.25) is 0 Å². The number of aromatic hydroxyl groups is 1. The van der Waals surface area contributed by atoms with Gasteiger partial charge in [0.2, 0.25) is 0 Å². The summed E-state index contributed by atoms with van der Waals surface area (Å²) in [4.78, 5) is 0. The number of alkyl halides is 1. The van der Waals surface area contributed by atoms with Crippen LogP contribution in [0.1, 0.15) is 24.8 Å². The summed E-state index contributed by atoms with van der Waals surface area (Å²) in [6.45, 7) is 1.95. The molecule has 0 aliphatic carbocycles. The van der Waals surface area contributed by atoms with Gasteiger partial charge >= 0.3 is 0 Å². The van der Waals surface area contributed by atoms with Crippen LogP contribution in [-0.2, 0) is 6.54 Å². The number of unbranched alkanes of at least 4 members (excludes halogenated alkanes) is 2. The molecule has 2 N–H and O–H groups in total. The number of halogens is 1. The molecule has 0 saturated carbocycles. The number of phenols is 1. The fraction of sp³-hybridized carbons (Fsp3) is 0.500. The minimum atomic E-state index is 0.330. The number of hydrogen-bond acceptors (Lipinski definition) is 2. The Morgan fingerprint density at radius 3 is 2.47 bits per heavy atom. The second-order valence-corrected chi connectivity index (χ2v) is 4.39. The molecule has 0 heterocycles. The monoisotopic (exact) mass is 271 g/mol. The van der Waals surface area contributed by atoms with Crippen LogP contribution in [0.15, 0.2) is 24.3 Å². The van der Waals surface area contributed by atoms with E-state index in [0.717, 1.165) is 18.4 Å². The maximum absolute atomic E-state index is 9.10. The molecule has 1 aromatic carbocycles. The van der Waals surface area contributed by atoms with Gasteiger partial charge < -0.3 is 10.4 Å². The standard InChI is InChI=1S/C12H18BrNO/c13-8-2-1-3-9-14-10-11-4-6-12(15)7-5-11/h4-7,14-15H,1-3,8-10H2. The molecule has 3 heteroatoms. The molecule has 0 spiro atoms. The lowest BCUT2D eigenvalue weighted by atomic mass is 10.2. The number of nitrogens with one attached hydrogen (secondary N) is 1. The third-order valence-corrected chi connectivity index (χ3v) is 2.81. The molecule has 1 aromatic rings. The first-order valence-electron chi connectivity index (χ1n) is 5.37. The lowest BCUT2D eigenvalue weighted by molar-refractivity contribution is 0.475. The topological polar surface area (TPSA) is 32.3 Å². The summed E-state index contributed by atoms with van der Waals surface area (Å²) >= 11 is 3.42. The second kappa shape index (κ2) is 7.71. The average Bonchev–Trinajstić information content (AvgIpc) is 2.26. The van der Waals surface area contributed by atoms with E-state index in [2.05, 4.69) is 21.2 Å². The highest BCUT2D eigenvalue weighted by atomic mass is 79.9. The highest BCUT2D eigenvalue weighted by Crippen LogP contribution is 2.09. The van der Waals surface area contributed by atoms with Crippen molar-refractivity contribution in [3.8, 4) is 5.75 Å². The van der Waals surface area contributed by atoms with Crippen LogP contribution in [0.3, 0.4) is 0 Å². The largest absolute Gasteiger partial charge is 0.508 e. The fourth-order valence-electron chi connectivity index (χ4n) is 1.37. The molecule has 0 saturated heterocycles. The van der Waals surface area contributed by atoms with Crippen LogP contribution in [0, 0.1) is 0 Å². The van der Waals surface area contributed by atoms with Crippen molar-refractivity contribution in [3.63, 3.8) is 0 Å². The Balaban J connectivity index is 2.07. The maximum atomic E-state index is 9.10. The van der Waals surface area contributed by atoms with Gasteiger partial charge in [-0.15, -0.1) is 0 Å². The van der Waals surface area contributed by atoms with Crippen molar-refractivity contribution in [2.75, 3.05) is 11.9 Å². The van der Waals surface area contributed by atoms with Gasteiger partial charge in [-0.25, -0.2) is 0 Å². The van der Waals surface area contributed by atoms with Gasteiger partial charge in [-0.2, -0.15) is 0 Å². The van der Waals surface area contributed by atoms with E-state index < -0.39 is 0 Å². The third kappa shape index (κ3) is 5.80. The zero-order chi connectivity index (χ0) is 10.9. The molecule has 0 amide bonds. The predicted molar refractivity (Wildman–Crippen MR) is 67.5 cm³/mol. The highest BCUT2D eigenvalue weighted by molar-refractivity contribution is 9.09. The van der Waals surface area contributed by atoms with Crippen molar-refractivity contribution in [2.24, 2.45) is 0 Å². The minimum absolute atomic E-state index is 0.330. The summed E-state index contributed by atoms with van der Waals surface area (Å²) in [6.07, 6.45) is 3.75. The Morgan fingerprint density at radius 1 is 1.07 bits per heavy atom. The van der Waals surface area contributed by atoms with E-state index in [1.165, 1.54) is 24.8 Å². The highest BCUT2D eigenvalue weighted by Gasteiger charge is 1.93. The summed E-state index contributed by atoms with van der Waals surface area (Å²) in [5, 5.41) is 13.6. The maximum Gasteiger partial charge on any atom is 0.115 e. The van der Waals surface area contributed by atoms with E-state index >= 15 is 0 Å². The van der Waals surface area contributed by atoms with Crippen molar-refractivity contribution in [3.05, 3.63) is 29.8 Å². The van der Waals surface area contributed by atoms with Crippen LogP contribution in [-0.4, -0.2) is 17.0 Å². The van der Waals surface area contributed by atoms with Crippen molar-refractivity contribution in [2.45, 2.75) is 25.8 Å². The Morgan fingerprint density at radius 2 is 1.80 bits per heavy atom. The molecule has 0 aliphatic heterocycles. The van der Waals surface area contributed by atoms with E-state index in [4.69, 9.17) is 5.11 Å². The summed E-state index contributed by atoms with van der Waals surface area (Å²) < 4.78 is 0. The Bertz CT molecular complexity index is 261. The molecule has 0 unspecified atom stereocenters. The molecule has 0 atom stereocenters. The van der Waals surface area contributed by atoms with Gasteiger partial charge in [-0.05, 0) is 37.1 Å². The third-order valence-electron chi connectivity index (χ3n) is 2.25. The Kier molecular flexibility index (Phi) is 6.44. The molecular weight excluding hydrogens is 254 g/mol. The normalized spacial score (nSPS) is 10.5. The van der Waals surface area contributed by atoms with Crippen molar-refractivity contribution >= 4 is 15.9 Å². The lowest BCUT2D eigenvalue weighted by Crippen LogP contribution is -2.14. The molecule has 0 aromatic heterocycles. The average molecular weight is 272 g/mol. The predicted octanol–water partition coefficient (Wildman–Crippen LogP) is 3.05. The van der Waals surface area contributed by atoms with Crippen LogP contribution in [0.2, 0.25) is 0 Å². The zero-order valence-corrected chi connectivity index (χ0v) is 10.5. The van der Waals surface area contributed by atoms with Crippen LogP contribution in [0.5, 0.6) is 5.75 Å². The number of phenolic OH excluding ortho intramolecular Hbond substituents is 1. The quantitative estimate of drug-likeness (QED) is 0.590. The van der Waals surface area contributed by atoms with Gasteiger partial charge in [0.25, 0.3) is 0 Å². The molecule has 0 aliphatic rings. The molecule has 0 fully saturated rings. The summed E-state index contributed by atoms with van der Waals surface area (Å²) in [5.41, 5.74) is 1.22. The van der Waals surface area contributed by atoms with Crippen LogP contribution in [0.4, 0.5) is 0 Å². The van der Waals surface area contributed by atoms with Crippen molar-refractivity contribution < 1.29 is 5.11 Å².